The van der Waals surface area contributed by atoms with Gasteiger partial charge >= 0.3 is 6.36 Å². The van der Waals surface area contributed by atoms with Crippen LogP contribution in [0.5, 0.6) is 5.75 Å². The molecular formula is C15H10F3N5O2S. The maximum Gasteiger partial charge on any atom is 0.573 e. The number of nitrogens with two attached hydrogens (primary N) is 1. The molecule has 0 saturated carbocycles. The number of benzene rings is 1. The Morgan fingerprint density at radius 1 is 1.19 bits per heavy atom. The molecule has 1 amide bonds. The number of alkyl halides is 3. The van der Waals surface area contributed by atoms with Gasteiger partial charge in [0.25, 0.3) is 5.91 Å². The summed E-state index contributed by atoms with van der Waals surface area (Å²) >= 11 is 1.10. The molecular weight excluding hydrogens is 371 g/mol. The molecule has 3 N–H and O–H groups in total. The molecule has 2 aromatic heterocycles. The highest BCUT2D eigenvalue weighted by atomic mass is 32.1. The average molecular weight is 381 g/mol. The fourth-order valence-corrected chi connectivity index (χ4v) is 2.66. The van der Waals surface area contributed by atoms with Crippen molar-refractivity contribution in [3.63, 3.8) is 0 Å². The maximum absolute atomic E-state index is 12.2. The number of anilines is 2. The Kier molecular flexibility index (Phi) is 4.71. The van der Waals surface area contributed by atoms with E-state index in [0.717, 1.165) is 29.5 Å². The van der Waals surface area contributed by atoms with E-state index in [1.807, 2.05) is 0 Å². The number of carbonyl (C=O) groups is 1. The van der Waals surface area contributed by atoms with E-state index in [1.165, 1.54) is 0 Å². The normalized spacial score (nSPS) is 11.2. The minimum Gasteiger partial charge on any atom is -0.404 e. The van der Waals surface area contributed by atoms with E-state index in [9.17, 15) is 18.0 Å². The van der Waals surface area contributed by atoms with E-state index in [4.69, 9.17) is 5.73 Å². The van der Waals surface area contributed by atoms with E-state index in [2.05, 4.69) is 25.2 Å². The van der Waals surface area contributed by atoms with Crippen LogP contribution in [0.15, 0.2) is 42.6 Å². The highest BCUT2D eigenvalue weighted by Gasteiger charge is 2.32. The zero-order valence-corrected chi connectivity index (χ0v) is 13.6. The second-order valence-electron chi connectivity index (χ2n) is 4.88. The van der Waals surface area contributed by atoms with Crippen molar-refractivity contribution in [2.75, 3.05) is 11.1 Å². The van der Waals surface area contributed by atoms with Crippen LogP contribution in [-0.2, 0) is 0 Å². The molecule has 7 nitrogen and oxygen atoms in total. The van der Waals surface area contributed by atoms with Gasteiger partial charge in [0.05, 0.1) is 5.69 Å². The second kappa shape index (κ2) is 6.96. The number of nitrogen functional groups attached to an aromatic ring is 1. The molecule has 11 heteroatoms. The first-order chi connectivity index (χ1) is 12.3. The molecule has 0 aliphatic rings. The number of nitrogens with one attached hydrogen (secondary N) is 1. The van der Waals surface area contributed by atoms with Crippen LogP contribution in [-0.4, -0.2) is 27.5 Å². The Hall–Kier alpha value is -3.21. The Balaban J connectivity index is 1.72. The van der Waals surface area contributed by atoms with Gasteiger partial charge < -0.3 is 10.5 Å². The van der Waals surface area contributed by atoms with Crippen LogP contribution in [0.2, 0.25) is 0 Å². The quantitative estimate of drug-likeness (QED) is 0.672. The lowest BCUT2D eigenvalue weighted by atomic mass is 10.2. The van der Waals surface area contributed by atoms with Gasteiger partial charge in [0.15, 0.2) is 10.8 Å². The molecule has 0 aliphatic carbocycles. The lowest BCUT2D eigenvalue weighted by Crippen LogP contribution is -2.18. The molecule has 1 aromatic carbocycles. The number of hydrogen-bond donors (Lipinski definition) is 2. The fraction of sp³-hybridized carbons (Fsp3) is 0.0667. The van der Waals surface area contributed by atoms with Gasteiger partial charge in [0.1, 0.15) is 5.69 Å². The van der Waals surface area contributed by atoms with E-state index >= 15 is 0 Å². The van der Waals surface area contributed by atoms with Crippen molar-refractivity contribution in [1.29, 1.82) is 0 Å². The molecule has 0 aliphatic heterocycles. The predicted octanol–water partition coefficient (Wildman–Crippen LogP) is 3.33. The van der Waals surface area contributed by atoms with Gasteiger partial charge in [0.2, 0.25) is 5.13 Å². The number of amides is 1. The zero-order valence-electron chi connectivity index (χ0n) is 12.8. The molecule has 134 valence electrons. The van der Waals surface area contributed by atoms with Crippen molar-refractivity contribution in [1.82, 2.24) is 15.2 Å². The van der Waals surface area contributed by atoms with Crippen LogP contribution in [0.3, 0.4) is 0 Å². The monoisotopic (exact) mass is 381 g/mol. The first-order valence-electron chi connectivity index (χ1n) is 7.03. The molecule has 0 fully saturated rings. The van der Waals surface area contributed by atoms with Crippen molar-refractivity contribution < 1.29 is 22.7 Å². The standard InChI is InChI=1S/C15H10F3N5O2S/c16-15(17,18)25-11-5-4-8(7-9(11)19)12(24)21-14-23-22-13(26-14)10-3-1-2-6-20-10/h1-7H,19H2,(H,21,23,24). The van der Waals surface area contributed by atoms with Crippen LogP contribution in [0, 0.1) is 0 Å². The van der Waals surface area contributed by atoms with Gasteiger partial charge in [-0.05, 0) is 30.3 Å². The van der Waals surface area contributed by atoms with Crippen LogP contribution in [0.1, 0.15) is 10.4 Å². The second-order valence-corrected chi connectivity index (χ2v) is 5.86. The number of halogens is 3. The molecule has 3 rings (SSSR count). The number of rotatable bonds is 4. The van der Waals surface area contributed by atoms with Gasteiger partial charge in [-0.2, -0.15) is 0 Å². The first kappa shape index (κ1) is 17.6. The summed E-state index contributed by atoms with van der Waals surface area (Å²) in [4.78, 5) is 16.3. The summed E-state index contributed by atoms with van der Waals surface area (Å²) in [6, 6.07) is 8.49. The SMILES string of the molecule is Nc1cc(C(=O)Nc2nnc(-c3ccccn3)s2)ccc1OC(F)(F)F. The summed E-state index contributed by atoms with van der Waals surface area (Å²) in [5.41, 5.74) is 5.83. The highest BCUT2D eigenvalue weighted by molar-refractivity contribution is 7.18. The largest absolute Gasteiger partial charge is 0.573 e. The molecule has 0 saturated heterocycles. The first-order valence-corrected chi connectivity index (χ1v) is 7.85. The van der Waals surface area contributed by atoms with Crippen LogP contribution < -0.4 is 15.8 Å². The summed E-state index contributed by atoms with van der Waals surface area (Å²) in [6.07, 6.45) is -3.27. The number of ether oxygens (including phenoxy) is 1. The molecule has 3 aromatic rings. The van der Waals surface area contributed by atoms with Gasteiger partial charge in [-0.3, -0.25) is 15.1 Å². The van der Waals surface area contributed by atoms with E-state index in [0.29, 0.717) is 10.7 Å². The Morgan fingerprint density at radius 3 is 2.65 bits per heavy atom. The van der Waals surface area contributed by atoms with Crippen LogP contribution in [0.4, 0.5) is 24.0 Å². The fourth-order valence-electron chi connectivity index (χ4n) is 1.94. The van der Waals surface area contributed by atoms with Gasteiger partial charge in [-0.1, -0.05) is 17.4 Å². The number of aromatic nitrogens is 3. The molecule has 2 heterocycles. The molecule has 0 spiro atoms. The summed E-state index contributed by atoms with van der Waals surface area (Å²) in [7, 11) is 0. The van der Waals surface area contributed by atoms with E-state index in [-0.39, 0.29) is 16.4 Å². The maximum atomic E-state index is 12.2. The lowest BCUT2D eigenvalue weighted by Gasteiger charge is -2.11. The molecule has 0 radical (unpaired) electrons. The van der Waals surface area contributed by atoms with Crippen LogP contribution in [0.25, 0.3) is 10.7 Å². The number of pyridine rings is 1. The topological polar surface area (TPSA) is 103 Å². The third kappa shape index (κ3) is 4.25. The molecule has 26 heavy (non-hydrogen) atoms. The van der Waals surface area contributed by atoms with Crippen molar-refractivity contribution in [2.45, 2.75) is 6.36 Å². The Bertz CT molecular complexity index is 931. The van der Waals surface area contributed by atoms with Crippen LogP contribution >= 0.6 is 11.3 Å². The number of nitrogens with zero attached hydrogens (tertiary/aromatic N) is 3. The van der Waals surface area contributed by atoms with Crippen molar-refractivity contribution in [3.05, 3.63) is 48.2 Å². The van der Waals surface area contributed by atoms with Crippen molar-refractivity contribution in [2.24, 2.45) is 0 Å². The lowest BCUT2D eigenvalue weighted by molar-refractivity contribution is -0.274. The molecule has 0 atom stereocenters. The van der Waals surface area contributed by atoms with E-state index < -0.39 is 18.0 Å². The third-order valence-corrected chi connectivity index (χ3v) is 3.89. The number of carbonyl (C=O) groups excluding carboxylic acids is 1. The predicted molar refractivity (Wildman–Crippen MR) is 88.6 cm³/mol. The molecule has 0 unspecified atom stereocenters. The highest BCUT2D eigenvalue weighted by Crippen LogP contribution is 2.29. The average Bonchev–Trinajstić information content (AvgIpc) is 3.05. The number of hydrogen-bond acceptors (Lipinski definition) is 7. The summed E-state index contributed by atoms with van der Waals surface area (Å²) in [5, 5.41) is 11.0. The Morgan fingerprint density at radius 2 is 2.00 bits per heavy atom. The summed E-state index contributed by atoms with van der Waals surface area (Å²) in [6.45, 7) is 0. The zero-order chi connectivity index (χ0) is 18.7. The van der Waals surface area contributed by atoms with Crippen molar-refractivity contribution >= 4 is 28.1 Å². The third-order valence-electron chi connectivity index (χ3n) is 3.03. The minimum atomic E-state index is -4.87. The summed E-state index contributed by atoms with van der Waals surface area (Å²) < 4.78 is 40.5. The van der Waals surface area contributed by atoms with Gasteiger partial charge in [-0.15, -0.1) is 23.4 Å². The smallest absolute Gasteiger partial charge is 0.404 e. The Labute approximate surface area is 148 Å². The summed E-state index contributed by atoms with van der Waals surface area (Å²) in [5.74, 6) is -1.18. The van der Waals surface area contributed by atoms with Gasteiger partial charge in [-0.25, -0.2) is 0 Å². The van der Waals surface area contributed by atoms with Crippen molar-refractivity contribution in [3.8, 4) is 16.5 Å². The van der Waals surface area contributed by atoms with E-state index in [1.54, 1.807) is 24.4 Å². The minimum absolute atomic E-state index is 0.0478. The molecule has 0 bridgehead atoms. The van der Waals surface area contributed by atoms with Gasteiger partial charge in [0, 0.05) is 11.8 Å².